The maximum absolute atomic E-state index is 11.4. The molecular formula is C18H33N2O2+. The van der Waals surface area contributed by atoms with E-state index in [4.69, 9.17) is 4.74 Å². The van der Waals surface area contributed by atoms with Crippen LogP contribution in [0.1, 0.15) is 70.9 Å². The lowest BCUT2D eigenvalue weighted by atomic mass is 10.2. The molecule has 4 nitrogen and oxygen atoms in total. The third-order valence-electron chi connectivity index (χ3n) is 4.06. The number of hydrogen-bond acceptors (Lipinski definition) is 2. The first-order valence-corrected chi connectivity index (χ1v) is 8.86. The van der Waals surface area contributed by atoms with Crippen LogP contribution >= 0.6 is 0 Å². The highest BCUT2D eigenvalue weighted by atomic mass is 16.5. The van der Waals surface area contributed by atoms with Crippen LogP contribution in [0.2, 0.25) is 0 Å². The van der Waals surface area contributed by atoms with E-state index in [1.807, 2.05) is 0 Å². The van der Waals surface area contributed by atoms with Crippen molar-refractivity contribution in [1.82, 2.24) is 4.57 Å². The van der Waals surface area contributed by atoms with Crippen molar-refractivity contribution in [2.45, 2.75) is 84.7 Å². The fourth-order valence-corrected chi connectivity index (χ4v) is 2.67. The molecule has 0 radical (unpaired) electrons. The number of aryl methyl sites for hydroxylation is 3. The summed E-state index contributed by atoms with van der Waals surface area (Å²) in [5.41, 5.74) is 1.25. The number of aromatic nitrogens is 2. The Labute approximate surface area is 135 Å². The zero-order valence-corrected chi connectivity index (χ0v) is 14.6. The molecular weight excluding hydrogens is 276 g/mol. The summed E-state index contributed by atoms with van der Waals surface area (Å²) in [6.07, 6.45) is 14.4. The minimum absolute atomic E-state index is 0.128. The van der Waals surface area contributed by atoms with Crippen LogP contribution in [0.25, 0.3) is 0 Å². The number of nitrogens with zero attached hydrogens (tertiary/aromatic N) is 2. The van der Waals surface area contributed by atoms with Gasteiger partial charge in [-0.1, -0.05) is 33.1 Å². The summed E-state index contributed by atoms with van der Waals surface area (Å²) in [6.45, 7) is 6.59. The van der Waals surface area contributed by atoms with Crippen molar-refractivity contribution >= 4 is 5.97 Å². The molecule has 1 aromatic rings. The second-order valence-corrected chi connectivity index (χ2v) is 6.01. The molecule has 1 heterocycles. The second kappa shape index (κ2) is 11.3. The van der Waals surface area contributed by atoms with Crippen LogP contribution < -0.4 is 4.57 Å². The topological polar surface area (TPSA) is 35.1 Å². The summed E-state index contributed by atoms with van der Waals surface area (Å²) in [5, 5.41) is 0. The number of rotatable bonds is 12. The van der Waals surface area contributed by atoms with Crippen LogP contribution in [0, 0.1) is 0 Å². The molecule has 0 aliphatic heterocycles. The Hall–Kier alpha value is -1.32. The third kappa shape index (κ3) is 7.10. The Morgan fingerprint density at radius 2 is 1.86 bits per heavy atom. The van der Waals surface area contributed by atoms with E-state index in [2.05, 4.69) is 35.5 Å². The molecule has 0 aliphatic carbocycles. The van der Waals surface area contributed by atoms with Gasteiger partial charge in [0.05, 0.1) is 26.6 Å². The van der Waals surface area contributed by atoms with E-state index >= 15 is 0 Å². The van der Waals surface area contributed by atoms with Crippen LogP contribution in [0.3, 0.4) is 0 Å². The molecule has 0 saturated heterocycles. The van der Waals surface area contributed by atoms with Crippen LogP contribution in [0.15, 0.2) is 12.5 Å². The number of hydrogen-bond donors (Lipinski definition) is 0. The summed E-state index contributed by atoms with van der Waals surface area (Å²) in [4.78, 5) is 11.4. The predicted molar refractivity (Wildman–Crippen MR) is 88.6 cm³/mol. The molecule has 0 saturated carbocycles. The number of imidazole rings is 1. The van der Waals surface area contributed by atoms with Gasteiger partial charge in [0, 0.05) is 6.42 Å². The molecule has 0 aromatic carbocycles. The monoisotopic (exact) mass is 309 g/mol. The van der Waals surface area contributed by atoms with Gasteiger partial charge in [0.15, 0.2) is 0 Å². The minimum Gasteiger partial charge on any atom is -0.469 e. The van der Waals surface area contributed by atoms with Gasteiger partial charge in [-0.25, -0.2) is 9.13 Å². The van der Waals surface area contributed by atoms with Gasteiger partial charge in [-0.05, 0) is 25.7 Å². The predicted octanol–water partition coefficient (Wildman–Crippen LogP) is 3.65. The van der Waals surface area contributed by atoms with E-state index in [1.54, 1.807) is 0 Å². The van der Waals surface area contributed by atoms with Crippen molar-refractivity contribution in [2.24, 2.45) is 0 Å². The lowest BCUT2D eigenvalue weighted by molar-refractivity contribution is -0.697. The summed E-state index contributed by atoms with van der Waals surface area (Å²) in [7, 11) is 1.46. The molecule has 0 amide bonds. The average molecular weight is 309 g/mol. The van der Waals surface area contributed by atoms with Crippen molar-refractivity contribution < 1.29 is 14.1 Å². The lowest BCUT2D eigenvalue weighted by Gasteiger charge is -2.01. The Kier molecular flexibility index (Phi) is 9.60. The molecule has 0 N–H and O–H groups in total. The Balaban J connectivity index is 2.60. The molecule has 0 atom stereocenters. The normalized spacial score (nSPS) is 10.9. The second-order valence-electron chi connectivity index (χ2n) is 6.01. The first-order chi connectivity index (χ1) is 10.7. The van der Waals surface area contributed by atoms with Crippen LogP contribution in [-0.2, 0) is 29.0 Å². The SMILES string of the molecule is CCCCCCn1c[n+](CCCCC)cc1CCC(=O)OC. The van der Waals surface area contributed by atoms with Gasteiger partial charge in [-0.3, -0.25) is 4.79 Å². The zero-order chi connectivity index (χ0) is 16.2. The van der Waals surface area contributed by atoms with Crippen molar-refractivity contribution in [3.8, 4) is 0 Å². The van der Waals surface area contributed by atoms with E-state index < -0.39 is 0 Å². The van der Waals surface area contributed by atoms with Gasteiger partial charge in [-0.15, -0.1) is 0 Å². The number of unbranched alkanes of at least 4 members (excludes halogenated alkanes) is 5. The summed E-state index contributed by atoms with van der Waals surface area (Å²) < 4.78 is 9.36. The zero-order valence-electron chi connectivity index (χ0n) is 14.6. The average Bonchev–Trinajstić information content (AvgIpc) is 2.91. The summed E-state index contributed by atoms with van der Waals surface area (Å²) in [6, 6.07) is 0. The molecule has 1 rings (SSSR count). The highest BCUT2D eigenvalue weighted by Gasteiger charge is 2.14. The quantitative estimate of drug-likeness (QED) is 0.335. The maximum atomic E-state index is 11.4. The van der Waals surface area contributed by atoms with Crippen LogP contribution in [0.5, 0.6) is 0 Å². The summed E-state index contributed by atoms with van der Waals surface area (Å²) in [5.74, 6) is -0.128. The van der Waals surface area contributed by atoms with Crippen LogP contribution in [-0.4, -0.2) is 17.6 Å². The fourth-order valence-electron chi connectivity index (χ4n) is 2.67. The number of esters is 1. The molecule has 1 aromatic heterocycles. The maximum Gasteiger partial charge on any atom is 0.305 e. The molecule has 0 bridgehead atoms. The van der Waals surface area contributed by atoms with Gasteiger partial charge in [-0.2, -0.15) is 0 Å². The van der Waals surface area contributed by atoms with E-state index in [9.17, 15) is 4.79 Å². The Morgan fingerprint density at radius 3 is 2.55 bits per heavy atom. The van der Waals surface area contributed by atoms with E-state index in [1.165, 1.54) is 57.7 Å². The van der Waals surface area contributed by atoms with E-state index in [0.717, 1.165) is 19.5 Å². The van der Waals surface area contributed by atoms with E-state index in [0.29, 0.717) is 6.42 Å². The fraction of sp³-hybridized carbons (Fsp3) is 0.778. The van der Waals surface area contributed by atoms with Crippen molar-refractivity contribution in [3.63, 3.8) is 0 Å². The standard InChI is InChI=1S/C18H33N2O2/c1-4-6-8-10-14-20-16-19(13-9-7-5-2)15-17(20)11-12-18(21)22-3/h15-16H,4-14H2,1-3H3/q+1. The number of methoxy groups -OCH3 is 1. The van der Waals surface area contributed by atoms with Crippen molar-refractivity contribution in [2.75, 3.05) is 7.11 Å². The first-order valence-electron chi connectivity index (χ1n) is 8.86. The van der Waals surface area contributed by atoms with Gasteiger partial charge >= 0.3 is 5.97 Å². The lowest BCUT2D eigenvalue weighted by Crippen LogP contribution is -2.30. The van der Waals surface area contributed by atoms with E-state index in [-0.39, 0.29) is 5.97 Å². The smallest absolute Gasteiger partial charge is 0.305 e. The summed E-state index contributed by atoms with van der Waals surface area (Å²) >= 11 is 0. The van der Waals surface area contributed by atoms with Gasteiger partial charge in [0.25, 0.3) is 0 Å². The first kappa shape index (κ1) is 18.7. The highest BCUT2D eigenvalue weighted by molar-refractivity contribution is 5.69. The number of carbonyl (C=O) groups is 1. The molecule has 0 fully saturated rings. The van der Waals surface area contributed by atoms with Gasteiger partial charge < -0.3 is 4.74 Å². The number of carbonyl (C=O) groups excluding carboxylic acids is 1. The van der Waals surface area contributed by atoms with Gasteiger partial charge in [0.2, 0.25) is 6.33 Å². The highest BCUT2D eigenvalue weighted by Crippen LogP contribution is 2.08. The van der Waals surface area contributed by atoms with Crippen LogP contribution in [0.4, 0.5) is 0 Å². The molecule has 0 aliphatic rings. The minimum atomic E-state index is -0.128. The molecule has 0 spiro atoms. The van der Waals surface area contributed by atoms with Crippen molar-refractivity contribution in [1.29, 1.82) is 0 Å². The van der Waals surface area contributed by atoms with Gasteiger partial charge in [0.1, 0.15) is 11.9 Å². The van der Waals surface area contributed by atoms with Crippen molar-refractivity contribution in [3.05, 3.63) is 18.2 Å². The third-order valence-corrected chi connectivity index (χ3v) is 4.06. The molecule has 22 heavy (non-hydrogen) atoms. The molecule has 126 valence electrons. The largest absolute Gasteiger partial charge is 0.469 e. The Bertz CT molecular complexity index is 427. The molecule has 0 unspecified atom stereocenters. The molecule has 4 heteroatoms. The Morgan fingerprint density at radius 1 is 1.14 bits per heavy atom. The number of ether oxygens (including phenoxy) is 1.